The van der Waals surface area contributed by atoms with Gasteiger partial charge in [0, 0.05) is 18.2 Å². The van der Waals surface area contributed by atoms with Crippen LogP contribution in [0, 0.1) is 0 Å². The zero-order valence-corrected chi connectivity index (χ0v) is 18.4. The Bertz CT molecular complexity index is 1040. The molecule has 1 atom stereocenters. The Kier molecular flexibility index (Phi) is 7.24. The van der Waals surface area contributed by atoms with Gasteiger partial charge in [0.05, 0.1) is 37.5 Å². The summed E-state index contributed by atoms with van der Waals surface area (Å²) in [6.07, 6.45) is 0.474. The van der Waals surface area contributed by atoms with Gasteiger partial charge in [-0.25, -0.2) is 0 Å². The number of benzene rings is 2. The molecule has 1 amide bonds. The number of aromatic nitrogens is 2. The molecule has 1 aromatic heterocycles. The van der Waals surface area contributed by atoms with Crippen molar-refractivity contribution in [3.8, 4) is 28.9 Å². The van der Waals surface area contributed by atoms with Crippen molar-refractivity contribution in [3.63, 3.8) is 0 Å². The van der Waals surface area contributed by atoms with Crippen LogP contribution in [0.25, 0.3) is 5.69 Å². The van der Waals surface area contributed by atoms with Crippen LogP contribution in [0.5, 0.6) is 23.2 Å². The summed E-state index contributed by atoms with van der Waals surface area (Å²) < 4.78 is 21.9. The molecular weight excluding hydrogens is 422 g/mol. The fourth-order valence-electron chi connectivity index (χ4n) is 2.80. The fraction of sp³-hybridized carbons (Fsp3) is 0.286. The first kappa shape index (κ1) is 22.3. The van der Waals surface area contributed by atoms with Crippen molar-refractivity contribution in [1.82, 2.24) is 5.27 Å². The molecule has 1 heterocycles. The second kappa shape index (κ2) is 10.1. The van der Waals surface area contributed by atoms with E-state index in [-0.39, 0.29) is 10.9 Å². The Balaban J connectivity index is 1.81. The largest absolute Gasteiger partial charge is 0.538 e. The van der Waals surface area contributed by atoms with E-state index in [1.165, 1.54) is 11.8 Å². The van der Waals surface area contributed by atoms with Crippen LogP contribution in [0.3, 0.4) is 0 Å². The molecule has 0 aliphatic carbocycles. The summed E-state index contributed by atoms with van der Waals surface area (Å²) >= 11 is 1.09. The van der Waals surface area contributed by atoms with Gasteiger partial charge in [-0.3, -0.25) is 4.79 Å². The third-order valence-corrected chi connectivity index (χ3v) is 5.87. The number of carbonyl (C=O) groups excluding carboxylic acids is 1. The summed E-state index contributed by atoms with van der Waals surface area (Å²) in [5.74, 6) is 0.850. The van der Waals surface area contributed by atoms with Crippen molar-refractivity contribution in [2.24, 2.45) is 0 Å². The minimum Gasteiger partial charge on any atom is -0.538 e. The highest BCUT2D eigenvalue weighted by Crippen LogP contribution is 2.33. The number of nitrogens with zero attached hydrogens (tertiary/aromatic N) is 2. The SMILES string of the molecule is CCC(Sc1c([O-])on[n+]1-c1ccc(OC)cc1)C(=O)Nc1ccc(OC)cc1OC. The number of ether oxygens (including phenoxy) is 3. The first-order valence-corrected chi connectivity index (χ1v) is 10.3. The summed E-state index contributed by atoms with van der Waals surface area (Å²) in [5, 5.41) is 18.6. The van der Waals surface area contributed by atoms with Crippen LogP contribution in [0.1, 0.15) is 13.3 Å². The molecule has 0 aliphatic rings. The maximum absolute atomic E-state index is 12.9. The van der Waals surface area contributed by atoms with Gasteiger partial charge in [-0.2, -0.15) is 0 Å². The average Bonchev–Trinajstić information content (AvgIpc) is 3.17. The normalized spacial score (nSPS) is 11.6. The van der Waals surface area contributed by atoms with Crippen molar-refractivity contribution >= 4 is 23.4 Å². The Hall–Kier alpha value is -3.40. The number of carbonyl (C=O) groups is 1. The number of rotatable bonds is 9. The molecule has 0 bridgehead atoms. The molecule has 1 unspecified atom stereocenters. The molecule has 9 nitrogen and oxygen atoms in total. The summed E-state index contributed by atoms with van der Waals surface area (Å²) in [4.78, 5) is 12.9. The highest BCUT2D eigenvalue weighted by atomic mass is 32.2. The molecular formula is C21H23N3O6S. The Morgan fingerprint density at radius 2 is 1.81 bits per heavy atom. The predicted octanol–water partition coefficient (Wildman–Crippen LogP) is 2.56. The highest BCUT2D eigenvalue weighted by Gasteiger charge is 2.28. The monoisotopic (exact) mass is 445 g/mol. The molecule has 31 heavy (non-hydrogen) atoms. The quantitative estimate of drug-likeness (QED) is 0.395. The number of amides is 1. The first-order valence-electron chi connectivity index (χ1n) is 9.43. The fourth-order valence-corrected chi connectivity index (χ4v) is 3.77. The molecule has 10 heteroatoms. The Labute approximate surface area is 183 Å². The Morgan fingerprint density at radius 3 is 2.42 bits per heavy atom. The second-order valence-corrected chi connectivity index (χ2v) is 7.54. The summed E-state index contributed by atoms with van der Waals surface area (Å²) in [6.45, 7) is 1.86. The maximum atomic E-state index is 12.9. The number of thioether (sulfide) groups is 1. The van der Waals surface area contributed by atoms with E-state index < -0.39 is 11.2 Å². The standard InChI is InChI=1S/C21H23N3O6S/c1-5-18(19(25)22-16-11-10-15(28-3)12-17(16)29-4)31-20-21(26)30-23-24(20)13-6-8-14(27-2)9-7-13/h6-12,18H,5H2,1-4H3,(H-,22,23,25,26). The van der Waals surface area contributed by atoms with E-state index in [1.54, 1.807) is 56.7 Å². The van der Waals surface area contributed by atoms with Gasteiger partial charge >= 0.3 is 0 Å². The van der Waals surface area contributed by atoms with Crippen molar-refractivity contribution in [2.75, 3.05) is 26.6 Å². The van der Waals surface area contributed by atoms with Crippen LogP contribution in [-0.2, 0) is 4.79 Å². The average molecular weight is 445 g/mol. The van der Waals surface area contributed by atoms with Crippen molar-refractivity contribution in [1.29, 1.82) is 0 Å². The summed E-state index contributed by atoms with van der Waals surface area (Å²) in [7, 11) is 4.63. The number of hydrogen-bond acceptors (Lipinski definition) is 8. The lowest BCUT2D eigenvalue weighted by atomic mass is 10.2. The molecule has 2 aromatic carbocycles. The number of methoxy groups -OCH3 is 3. The van der Waals surface area contributed by atoms with Crippen LogP contribution >= 0.6 is 11.8 Å². The third kappa shape index (κ3) is 5.02. The van der Waals surface area contributed by atoms with E-state index >= 15 is 0 Å². The smallest absolute Gasteiger partial charge is 0.298 e. The van der Waals surface area contributed by atoms with Gasteiger partial charge in [-0.05, 0) is 47.1 Å². The molecule has 0 saturated heterocycles. The zero-order chi connectivity index (χ0) is 22.4. The van der Waals surface area contributed by atoms with Gasteiger partial charge in [0.25, 0.3) is 5.03 Å². The molecule has 0 spiro atoms. The maximum Gasteiger partial charge on any atom is 0.298 e. The molecule has 0 saturated carbocycles. The third-order valence-electron chi connectivity index (χ3n) is 4.47. The van der Waals surface area contributed by atoms with Crippen LogP contribution in [0.15, 0.2) is 52.0 Å². The minimum absolute atomic E-state index is 0.203. The van der Waals surface area contributed by atoms with Gasteiger partial charge < -0.3 is 29.2 Å². The lowest BCUT2D eigenvalue weighted by Crippen LogP contribution is -2.36. The minimum atomic E-state index is -0.617. The molecule has 164 valence electrons. The van der Waals surface area contributed by atoms with Gasteiger partial charge in [0.15, 0.2) is 5.95 Å². The lowest BCUT2D eigenvalue weighted by molar-refractivity contribution is -0.705. The second-order valence-electron chi connectivity index (χ2n) is 6.35. The molecule has 0 aliphatic heterocycles. The van der Waals surface area contributed by atoms with Gasteiger partial charge in [0.2, 0.25) is 11.6 Å². The van der Waals surface area contributed by atoms with E-state index in [0.717, 1.165) is 11.8 Å². The van der Waals surface area contributed by atoms with Crippen LogP contribution in [0.4, 0.5) is 5.69 Å². The summed E-state index contributed by atoms with van der Waals surface area (Å²) in [6, 6.07) is 12.1. The van der Waals surface area contributed by atoms with Gasteiger partial charge in [-0.1, -0.05) is 6.92 Å². The summed E-state index contributed by atoms with van der Waals surface area (Å²) in [5.41, 5.74) is 1.12. The highest BCUT2D eigenvalue weighted by molar-refractivity contribution is 8.00. The predicted molar refractivity (Wildman–Crippen MR) is 112 cm³/mol. The van der Waals surface area contributed by atoms with Crippen LogP contribution < -0.4 is 29.3 Å². The molecule has 3 aromatic rings. The number of nitrogens with one attached hydrogen (secondary N) is 1. The van der Waals surface area contributed by atoms with Crippen LogP contribution in [0.2, 0.25) is 0 Å². The van der Waals surface area contributed by atoms with E-state index in [9.17, 15) is 9.90 Å². The number of hydrogen-bond donors (Lipinski definition) is 1. The van der Waals surface area contributed by atoms with Crippen molar-refractivity contribution in [3.05, 3.63) is 42.5 Å². The zero-order valence-electron chi connectivity index (χ0n) is 17.6. The molecule has 0 radical (unpaired) electrons. The topological polar surface area (TPSA) is 110 Å². The molecule has 1 N–H and O–H groups in total. The van der Waals surface area contributed by atoms with Gasteiger partial charge in [0.1, 0.15) is 17.2 Å². The Morgan fingerprint density at radius 1 is 1.13 bits per heavy atom. The van der Waals surface area contributed by atoms with E-state index in [1.807, 2.05) is 6.92 Å². The van der Waals surface area contributed by atoms with Crippen molar-refractivity contribution < 1.29 is 33.3 Å². The number of anilines is 1. The van der Waals surface area contributed by atoms with E-state index in [4.69, 9.17) is 18.7 Å². The van der Waals surface area contributed by atoms with E-state index in [2.05, 4.69) is 10.6 Å². The van der Waals surface area contributed by atoms with Gasteiger partial charge in [-0.15, -0.1) is 0 Å². The lowest BCUT2D eigenvalue weighted by Gasteiger charge is -2.15. The van der Waals surface area contributed by atoms with Crippen molar-refractivity contribution in [2.45, 2.75) is 23.6 Å². The molecule has 0 fully saturated rings. The van der Waals surface area contributed by atoms with Crippen LogP contribution in [-0.4, -0.2) is 37.8 Å². The first-order chi connectivity index (χ1) is 15.0. The molecule has 3 rings (SSSR count). The van der Waals surface area contributed by atoms with E-state index in [0.29, 0.717) is 35.0 Å².